The third kappa shape index (κ3) is 3.01. The molecule has 0 spiro atoms. The number of benzene rings is 1. The SMILES string of the molecule is O=C(O)C(Nc1cc(F)c(Br)cc1[N+](=O)[O-])C1CC1. The Balaban J connectivity index is 2.34. The van der Waals surface area contributed by atoms with Crippen molar-refractivity contribution in [2.45, 2.75) is 18.9 Å². The smallest absolute Gasteiger partial charge is 0.326 e. The van der Waals surface area contributed by atoms with Gasteiger partial charge in [0.25, 0.3) is 5.69 Å². The molecule has 1 fully saturated rings. The number of aliphatic carboxylic acids is 1. The zero-order valence-corrected chi connectivity index (χ0v) is 11.2. The molecule has 0 bridgehead atoms. The van der Waals surface area contributed by atoms with Gasteiger partial charge in [-0.15, -0.1) is 0 Å². The molecule has 19 heavy (non-hydrogen) atoms. The highest BCUT2D eigenvalue weighted by atomic mass is 79.9. The van der Waals surface area contributed by atoms with E-state index in [1.165, 1.54) is 0 Å². The van der Waals surface area contributed by atoms with Gasteiger partial charge in [-0.05, 0) is 34.7 Å². The molecular formula is C11H10BrFN2O4. The largest absolute Gasteiger partial charge is 0.480 e. The van der Waals surface area contributed by atoms with Gasteiger partial charge in [0.2, 0.25) is 0 Å². The summed E-state index contributed by atoms with van der Waals surface area (Å²) < 4.78 is 13.4. The summed E-state index contributed by atoms with van der Waals surface area (Å²) in [4.78, 5) is 21.3. The normalized spacial score (nSPS) is 15.9. The number of nitro benzene ring substituents is 1. The number of nitrogens with one attached hydrogen (secondary N) is 1. The number of carbonyl (C=O) groups is 1. The highest BCUT2D eigenvalue weighted by Gasteiger charge is 2.37. The minimum Gasteiger partial charge on any atom is -0.480 e. The third-order valence-electron chi connectivity index (χ3n) is 2.91. The quantitative estimate of drug-likeness (QED) is 0.638. The first-order valence-corrected chi connectivity index (χ1v) is 6.32. The lowest BCUT2D eigenvalue weighted by molar-refractivity contribution is -0.384. The Morgan fingerprint density at radius 2 is 2.21 bits per heavy atom. The summed E-state index contributed by atoms with van der Waals surface area (Å²) in [5.41, 5.74) is -0.481. The first kappa shape index (κ1) is 13.7. The van der Waals surface area contributed by atoms with Gasteiger partial charge in [0, 0.05) is 12.1 Å². The van der Waals surface area contributed by atoms with Crippen LogP contribution in [0.15, 0.2) is 16.6 Å². The monoisotopic (exact) mass is 332 g/mol. The van der Waals surface area contributed by atoms with Crippen LogP contribution in [0.3, 0.4) is 0 Å². The maximum atomic E-state index is 13.4. The Morgan fingerprint density at radius 1 is 1.58 bits per heavy atom. The van der Waals surface area contributed by atoms with Crippen molar-refractivity contribution in [2.24, 2.45) is 5.92 Å². The number of nitro groups is 1. The van der Waals surface area contributed by atoms with E-state index in [9.17, 15) is 19.3 Å². The van der Waals surface area contributed by atoms with E-state index >= 15 is 0 Å². The summed E-state index contributed by atoms with van der Waals surface area (Å²) in [6, 6.07) is 1.02. The van der Waals surface area contributed by atoms with Crippen LogP contribution in [0.1, 0.15) is 12.8 Å². The molecule has 2 N–H and O–H groups in total. The Labute approximate surface area is 115 Å². The molecule has 1 aliphatic rings. The number of halogens is 2. The minimum atomic E-state index is -1.10. The van der Waals surface area contributed by atoms with Crippen LogP contribution in [0, 0.1) is 21.8 Å². The molecule has 1 aromatic carbocycles. The third-order valence-corrected chi connectivity index (χ3v) is 3.51. The van der Waals surface area contributed by atoms with Gasteiger partial charge in [-0.25, -0.2) is 9.18 Å². The van der Waals surface area contributed by atoms with Crippen molar-refractivity contribution in [3.63, 3.8) is 0 Å². The Morgan fingerprint density at radius 3 is 2.68 bits per heavy atom. The topological polar surface area (TPSA) is 92.5 Å². The highest BCUT2D eigenvalue weighted by Crippen LogP contribution is 2.37. The fourth-order valence-corrected chi connectivity index (χ4v) is 2.11. The lowest BCUT2D eigenvalue weighted by atomic mass is 10.1. The van der Waals surface area contributed by atoms with Crippen molar-refractivity contribution in [3.05, 3.63) is 32.5 Å². The van der Waals surface area contributed by atoms with Crippen LogP contribution in [0.25, 0.3) is 0 Å². The predicted octanol–water partition coefficient (Wildman–Crippen LogP) is 2.77. The number of hydrogen-bond donors (Lipinski definition) is 2. The number of nitrogens with zero attached hydrogens (tertiary/aromatic N) is 1. The summed E-state index contributed by atoms with van der Waals surface area (Å²) in [7, 11) is 0. The van der Waals surface area contributed by atoms with Crippen LogP contribution in [-0.4, -0.2) is 22.0 Å². The van der Waals surface area contributed by atoms with Crippen molar-refractivity contribution >= 4 is 33.3 Å². The molecule has 1 unspecified atom stereocenters. The fraction of sp³-hybridized carbons (Fsp3) is 0.364. The molecule has 6 nitrogen and oxygen atoms in total. The molecule has 8 heteroatoms. The van der Waals surface area contributed by atoms with E-state index < -0.39 is 22.8 Å². The van der Waals surface area contributed by atoms with E-state index in [1.807, 2.05) is 0 Å². The summed E-state index contributed by atoms with van der Waals surface area (Å²) >= 11 is 2.86. The second-order valence-corrected chi connectivity index (χ2v) is 5.19. The van der Waals surface area contributed by atoms with Crippen molar-refractivity contribution in [2.75, 3.05) is 5.32 Å². The molecule has 1 aromatic rings. The molecule has 1 saturated carbocycles. The average molecular weight is 333 g/mol. The second kappa shape index (κ2) is 5.12. The Hall–Kier alpha value is -1.70. The molecule has 1 atom stereocenters. The molecule has 0 aliphatic heterocycles. The number of hydrogen-bond acceptors (Lipinski definition) is 4. The Kier molecular flexibility index (Phi) is 3.70. The first-order chi connectivity index (χ1) is 8.90. The minimum absolute atomic E-state index is 0.0388. The van der Waals surface area contributed by atoms with E-state index in [0.29, 0.717) is 0 Å². The van der Waals surface area contributed by atoms with Crippen LogP contribution >= 0.6 is 15.9 Å². The Bertz CT molecular complexity index is 548. The molecule has 1 aliphatic carbocycles. The number of rotatable bonds is 5. The zero-order chi connectivity index (χ0) is 14.2. The van der Waals surface area contributed by atoms with Gasteiger partial charge in [-0.1, -0.05) is 0 Å². The van der Waals surface area contributed by atoms with Crippen molar-refractivity contribution in [3.8, 4) is 0 Å². The van der Waals surface area contributed by atoms with Gasteiger partial charge >= 0.3 is 5.97 Å². The first-order valence-electron chi connectivity index (χ1n) is 5.53. The highest BCUT2D eigenvalue weighted by molar-refractivity contribution is 9.10. The molecule has 0 radical (unpaired) electrons. The molecular weight excluding hydrogens is 323 g/mol. The van der Waals surface area contributed by atoms with Gasteiger partial charge in [-0.2, -0.15) is 0 Å². The lowest BCUT2D eigenvalue weighted by Crippen LogP contribution is -2.31. The second-order valence-electron chi connectivity index (χ2n) is 4.34. The van der Waals surface area contributed by atoms with Crippen LogP contribution in [0.5, 0.6) is 0 Å². The van der Waals surface area contributed by atoms with Gasteiger partial charge in [-0.3, -0.25) is 10.1 Å². The van der Waals surface area contributed by atoms with Crippen molar-refractivity contribution in [1.29, 1.82) is 0 Å². The maximum Gasteiger partial charge on any atom is 0.326 e. The zero-order valence-electron chi connectivity index (χ0n) is 9.60. The molecule has 102 valence electrons. The van der Waals surface area contributed by atoms with Gasteiger partial charge in [0.05, 0.1) is 9.40 Å². The van der Waals surface area contributed by atoms with Crippen LogP contribution in [0.4, 0.5) is 15.8 Å². The average Bonchev–Trinajstić information content (AvgIpc) is 3.13. The summed E-state index contributed by atoms with van der Waals surface area (Å²) in [6.07, 6.45) is 1.49. The van der Waals surface area contributed by atoms with E-state index in [4.69, 9.17) is 5.11 Å². The molecule has 0 amide bonds. The summed E-state index contributed by atoms with van der Waals surface area (Å²) in [5, 5.41) is 22.5. The fourth-order valence-electron chi connectivity index (χ4n) is 1.78. The number of anilines is 1. The van der Waals surface area contributed by atoms with Crippen molar-refractivity contribution in [1.82, 2.24) is 0 Å². The molecule has 0 heterocycles. The summed E-state index contributed by atoms with van der Waals surface area (Å²) in [5.74, 6) is -1.85. The van der Waals surface area contributed by atoms with E-state index in [-0.39, 0.29) is 21.8 Å². The molecule has 0 aromatic heterocycles. The predicted molar refractivity (Wildman–Crippen MR) is 68.5 cm³/mol. The lowest BCUT2D eigenvalue weighted by Gasteiger charge is -2.15. The van der Waals surface area contributed by atoms with Crippen LogP contribution in [0.2, 0.25) is 0 Å². The molecule has 0 saturated heterocycles. The molecule has 2 rings (SSSR count). The maximum absolute atomic E-state index is 13.4. The van der Waals surface area contributed by atoms with Gasteiger partial charge in [0.15, 0.2) is 0 Å². The number of carboxylic acids is 1. The van der Waals surface area contributed by atoms with Crippen LogP contribution in [-0.2, 0) is 4.79 Å². The summed E-state index contributed by atoms with van der Waals surface area (Å²) in [6.45, 7) is 0. The number of carboxylic acid groups (broad SMARTS) is 1. The van der Waals surface area contributed by atoms with Gasteiger partial charge in [0.1, 0.15) is 17.5 Å². The van der Waals surface area contributed by atoms with Crippen LogP contribution < -0.4 is 5.32 Å². The van der Waals surface area contributed by atoms with Crippen molar-refractivity contribution < 1.29 is 19.2 Å². The van der Waals surface area contributed by atoms with Gasteiger partial charge < -0.3 is 10.4 Å². The van der Waals surface area contributed by atoms with E-state index in [0.717, 1.165) is 25.0 Å². The van der Waals surface area contributed by atoms with E-state index in [1.54, 1.807) is 0 Å². The standard InChI is InChI=1S/C11H10BrFN2O4/c12-6-3-9(15(18)19)8(4-7(6)13)14-10(11(16)17)5-1-2-5/h3-5,10,14H,1-2H2,(H,16,17). The van der Waals surface area contributed by atoms with E-state index in [2.05, 4.69) is 21.2 Å².